The number of sulfonamides is 1. The minimum absolute atomic E-state index is 0.00135. The van der Waals surface area contributed by atoms with Gasteiger partial charge in [-0.1, -0.05) is 26.0 Å². The van der Waals surface area contributed by atoms with Crippen molar-refractivity contribution in [2.24, 2.45) is 5.92 Å². The number of carboxylic acid groups (broad SMARTS) is 1. The average Bonchev–Trinajstić information content (AvgIpc) is 4.09. The molecule has 2 aliphatic carbocycles. The normalized spacial score (nSPS) is 31.0. The molecule has 4 amide bonds. The summed E-state index contributed by atoms with van der Waals surface area (Å²) < 4.78 is 95.6. The first kappa shape index (κ1) is 44.9. The van der Waals surface area contributed by atoms with Gasteiger partial charge in [-0.05, 0) is 103 Å². The number of rotatable bonds is 11. The summed E-state index contributed by atoms with van der Waals surface area (Å²) in [7, 11) is -4.21. The van der Waals surface area contributed by atoms with Crippen molar-refractivity contribution < 1.29 is 60.1 Å². The molecule has 2 aliphatic heterocycles. The third-order valence-electron chi connectivity index (χ3n) is 12.5. The van der Waals surface area contributed by atoms with E-state index in [0.29, 0.717) is 31.1 Å². The molecule has 6 rings (SSSR count). The van der Waals surface area contributed by atoms with Gasteiger partial charge in [0, 0.05) is 30.0 Å². The van der Waals surface area contributed by atoms with Gasteiger partial charge in [0.15, 0.2) is 17.2 Å². The van der Waals surface area contributed by atoms with Gasteiger partial charge in [0.25, 0.3) is 11.8 Å². The molecular formula is C41H54F3N5O10S. The van der Waals surface area contributed by atoms with Crippen molar-refractivity contribution in [3.63, 3.8) is 0 Å². The van der Waals surface area contributed by atoms with Crippen LogP contribution >= 0.6 is 0 Å². The van der Waals surface area contributed by atoms with Gasteiger partial charge in [-0.25, -0.2) is 22.6 Å². The van der Waals surface area contributed by atoms with Gasteiger partial charge in [0.1, 0.15) is 17.6 Å². The number of allylic oxidation sites excluding steroid dienone is 1. The molecule has 1 aromatic carbocycles. The van der Waals surface area contributed by atoms with Crippen LogP contribution in [0.2, 0.25) is 0 Å². The van der Waals surface area contributed by atoms with Crippen molar-refractivity contribution in [2.45, 2.75) is 152 Å². The number of carbonyl (C=O) groups excluding carboxylic acids is 3. The van der Waals surface area contributed by atoms with E-state index in [-0.39, 0.29) is 41.9 Å². The molecule has 1 unspecified atom stereocenters. The molecule has 1 saturated heterocycles. The highest BCUT2D eigenvalue weighted by molar-refractivity contribution is 7.91. The number of nitrogens with zero attached hydrogens (tertiary/aromatic N) is 3. The minimum Gasteiger partial charge on any atom is -0.491 e. The maximum absolute atomic E-state index is 17.7. The van der Waals surface area contributed by atoms with E-state index in [1.807, 2.05) is 0 Å². The molecule has 1 aromatic heterocycles. The first-order valence-corrected chi connectivity index (χ1v) is 21.9. The summed E-state index contributed by atoms with van der Waals surface area (Å²) in [5.41, 5.74) is -4.69. The SMILES string of the molecule is CCOc1cc2ccnc(O[C@]3(C)C[C@H]4C(=O)N[C@]5(C(=O)NS(=O)(=O)C6(C)CC6)C[C@H]5/C=C\CC[C@@H](C)O[C@@H](CC)[C@H](N(C(=O)O)C(C)CC)C(=O)N4C3(F)F)c2cc1F. The average molecular weight is 866 g/mol. The van der Waals surface area contributed by atoms with E-state index in [9.17, 15) is 27.9 Å². The Bertz CT molecular complexity index is 2170. The second kappa shape index (κ2) is 16.3. The quantitative estimate of drug-likeness (QED) is 0.187. The molecule has 60 heavy (non-hydrogen) atoms. The Balaban J connectivity index is 1.49. The van der Waals surface area contributed by atoms with Crippen LogP contribution in [0.15, 0.2) is 36.5 Å². The third kappa shape index (κ3) is 7.98. The zero-order chi connectivity index (χ0) is 44.2. The van der Waals surface area contributed by atoms with E-state index in [2.05, 4.69) is 15.0 Å². The number of benzene rings is 1. The molecule has 4 aliphatic rings. The Morgan fingerprint density at radius 2 is 1.87 bits per heavy atom. The molecule has 3 N–H and O–H groups in total. The predicted octanol–water partition coefficient (Wildman–Crippen LogP) is 5.66. The van der Waals surface area contributed by atoms with E-state index in [0.717, 1.165) is 17.9 Å². The van der Waals surface area contributed by atoms with E-state index in [4.69, 9.17) is 14.2 Å². The van der Waals surface area contributed by atoms with Crippen LogP contribution < -0.4 is 19.5 Å². The first-order chi connectivity index (χ1) is 28.1. The fourth-order valence-corrected chi connectivity index (χ4v) is 9.45. The number of amides is 4. The van der Waals surface area contributed by atoms with Crippen LogP contribution in [0, 0.1) is 11.7 Å². The standard InChI is InChI=1S/C41H54F3N5O10S/c1-8-23(4)48(37(53)54)32-30(9-2)58-24(5)13-11-12-14-26-21-40(26,36(52)47-60(55,56)38(6)16-17-38)46-33(50)29-22-39(7,41(43,44)49(29)35(32)51)59-34-27-20-28(42)31(57-10-3)19-25(27)15-18-45-34/h12,14-15,18-20,23-24,26,29-30,32H,8-11,13,16-17,21-22H2,1-7H3,(H,46,50)(H,47,52)(H,53,54)/b14-12-/t23?,24-,26-,29+,30+,32+,39-,40-/m1/s1. The number of hydrogen-bond acceptors (Lipinski definition) is 10. The maximum Gasteiger partial charge on any atom is 0.408 e. The highest BCUT2D eigenvalue weighted by Gasteiger charge is 2.71. The van der Waals surface area contributed by atoms with Crippen molar-refractivity contribution in [3.8, 4) is 11.6 Å². The van der Waals surface area contributed by atoms with Gasteiger partial charge in [0.05, 0.1) is 23.6 Å². The van der Waals surface area contributed by atoms with Gasteiger partial charge in [-0.15, -0.1) is 0 Å². The summed E-state index contributed by atoms with van der Waals surface area (Å²) in [6.07, 6.45) is 1.68. The molecule has 2 aromatic rings. The van der Waals surface area contributed by atoms with Crippen LogP contribution in [0.5, 0.6) is 11.6 Å². The van der Waals surface area contributed by atoms with Crippen molar-refractivity contribution in [1.82, 2.24) is 24.8 Å². The molecule has 0 bridgehead atoms. The van der Waals surface area contributed by atoms with Gasteiger partial charge < -0.3 is 24.6 Å². The monoisotopic (exact) mass is 865 g/mol. The lowest BCUT2D eigenvalue weighted by atomic mass is 9.99. The summed E-state index contributed by atoms with van der Waals surface area (Å²) in [6, 6.07) is -5.49. The first-order valence-electron chi connectivity index (χ1n) is 20.4. The lowest BCUT2D eigenvalue weighted by Gasteiger charge is -2.42. The third-order valence-corrected chi connectivity index (χ3v) is 14.6. The molecule has 15 nitrogen and oxygen atoms in total. The van der Waals surface area contributed by atoms with Crippen LogP contribution in [0.3, 0.4) is 0 Å². The van der Waals surface area contributed by atoms with Gasteiger partial charge >= 0.3 is 12.1 Å². The van der Waals surface area contributed by atoms with Crippen molar-refractivity contribution >= 4 is 44.6 Å². The summed E-state index contributed by atoms with van der Waals surface area (Å²) in [6.45, 7) is 10.7. The summed E-state index contributed by atoms with van der Waals surface area (Å²) in [5.74, 6) is -5.90. The van der Waals surface area contributed by atoms with Crippen LogP contribution in [-0.2, 0) is 29.1 Å². The number of hydrogen-bond donors (Lipinski definition) is 3. The van der Waals surface area contributed by atoms with Crippen LogP contribution in [0.1, 0.15) is 99.8 Å². The highest BCUT2D eigenvalue weighted by atomic mass is 32.2. The number of aromatic nitrogens is 1. The summed E-state index contributed by atoms with van der Waals surface area (Å²) in [5, 5.41) is 13.4. The number of ether oxygens (including phenoxy) is 3. The zero-order valence-corrected chi connectivity index (χ0v) is 35.6. The Labute approximate surface area is 347 Å². The van der Waals surface area contributed by atoms with Gasteiger partial charge in [0.2, 0.25) is 21.8 Å². The molecule has 330 valence electrons. The Kier molecular flexibility index (Phi) is 12.2. The number of pyridine rings is 1. The molecule has 2 saturated carbocycles. The molecule has 19 heteroatoms. The zero-order valence-electron chi connectivity index (χ0n) is 34.8. The molecule has 3 fully saturated rings. The van der Waals surface area contributed by atoms with Crippen molar-refractivity contribution in [3.05, 3.63) is 42.4 Å². The molecular weight excluding hydrogens is 812 g/mol. The second-order valence-corrected chi connectivity index (χ2v) is 19.0. The number of nitrogens with one attached hydrogen (secondary N) is 2. The predicted molar refractivity (Wildman–Crippen MR) is 212 cm³/mol. The lowest BCUT2D eigenvalue weighted by molar-refractivity contribution is -0.220. The molecule has 8 atom stereocenters. The number of halogens is 3. The number of alkyl halides is 2. The van der Waals surface area contributed by atoms with Crippen molar-refractivity contribution in [1.29, 1.82) is 0 Å². The van der Waals surface area contributed by atoms with E-state index < -0.39 is 110 Å². The maximum atomic E-state index is 17.7. The molecule has 0 spiro atoms. The fourth-order valence-electron chi connectivity index (χ4n) is 8.14. The van der Waals surface area contributed by atoms with E-state index >= 15 is 18.0 Å². The smallest absolute Gasteiger partial charge is 0.408 e. The topological polar surface area (TPSA) is 194 Å². The lowest BCUT2D eigenvalue weighted by Crippen LogP contribution is -2.66. The van der Waals surface area contributed by atoms with Crippen LogP contribution in [0.25, 0.3) is 10.8 Å². The molecule has 3 heterocycles. The van der Waals surface area contributed by atoms with Crippen molar-refractivity contribution in [2.75, 3.05) is 6.61 Å². The summed E-state index contributed by atoms with van der Waals surface area (Å²) in [4.78, 5) is 61.8. The highest BCUT2D eigenvalue weighted by Crippen LogP contribution is 2.51. The second-order valence-electron chi connectivity index (χ2n) is 16.8. The Morgan fingerprint density at radius 3 is 2.48 bits per heavy atom. The summed E-state index contributed by atoms with van der Waals surface area (Å²) >= 11 is 0. The van der Waals surface area contributed by atoms with Crippen LogP contribution in [-0.4, -0.2) is 111 Å². The van der Waals surface area contributed by atoms with Crippen LogP contribution in [0.4, 0.5) is 18.0 Å². The molecule has 0 radical (unpaired) electrons. The van der Waals surface area contributed by atoms with E-state index in [1.165, 1.54) is 32.2 Å². The number of fused-ring (bicyclic) bond motifs is 3. The Hall–Kier alpha value is -4.65. The Morgan fingerprint density at radius 1 is 1.17 bits per heavy atom. The van der Waals surface area contributed by atoms with Gasteiger partial charge in [-0.3, -0.25) is 28.9 Å². The fraction of sp³-hybridized carbons (Fsp3) is 0.634. The minimum atomic E-state index is -4.42. The largest absolute Gasteiger partial charge is 0.491 e. The van der Waals surface area contributed by atoms with Gasteiger partial charge in [-0.2, -0.15) is 8.78 Å². The van der Waals surface area contributed by atoms with E-state index in [1.54, 1.807) is 39.8 Å². The number of carbonyl (C=O) groups is 4.